The van der Waals surface area contributed by atoms with E-state index in [0.717, 1.165) is 12.1 Å². The number of anilines is 1. The number of nitrogens with one attached hydrogen (secondary N) is 1. The highest BCUT2D eigenvalue weighted by atomic mass is 79.9. The number of hydrogen-bond donors (Lipinski definition) is 1. The zero-order valence-corrected chi connectivity index (χ0v) is 10.8. The second-order valence-corrected chi connectivity index (χ2v) is 4.75. The summed E-state index contributed by atoms with van der Waals surface area (Å²) in [5.41, 5.74) is 0.729. The van der Waals surface area contributed by atoms with Gasteiger partial charge in [-0.1, -0.05) is 0 Å². The molecule has 1 fully saturated rings. The van der Waals surface area contributed by atoms with Crippen molar-refractivity contribution in [2.45, 2.75) is 18.8 Å². The topological polar surface area (TPSA) is 30.5 Å². The predicted octanol–water partition coefficient (Wildman–Crippen LogP) is 3.55. The van der Waals surface area contributed by atoms with Gasteiger partial charge in [0.25, 0.3) is 0 Å². The summed E-state index contributed by atoms with van der Waals surface area (Å²) in [5, 5.41) is 3.18. The molecule has 0 radical (unpaired) electrons. The first kappa shape index (κ1) is 13.5. The number of ether oxygens (including phenoxy) is 2. The van der Waals surface area contributed by atoms with E-state index in [-0.39, 0.29) is 16.3 Å². The minimum absolute atomic E-state index is 0.200. The molecule has 1 atom stereocenters. The summed E-state index contributed by atoms with van der Waals surface area (Å²) in [6.07, 6.45) is -3.80. The van der Waals surface area contributed by atoms with Crippen LogP contribution in [0.4, 0.5) is 18.9 Å². The fraction of sp³-hybridized carbons (Fsp3) is 0.455. The van der Waals surface area contributed by atoms with E-state index in [1.807, 2.05) is 0 Å². The van der Waals surface area contributed by atoms with Gasteiger partial charge < -0.3 is 14.8 Å². The number of benzene rings is 1. The molecule has 100 valence electrons. The van der Waals surface area contributed by atoms with Gasteiger partial charge in [-0.2, -0.15) is 0 Å². The molecule has 3 nitrogen and oxygen atoms in total. The summed E-state index contributed by atoms with van der Waals surface area (Å²) in [6.45, 7) is 1.31. The van der Waals surface area contributed by atoms with E-state index >= 15 is 0 Å². The van der Waals surface area contributed by atoms with Gasteiger partial charge in [-0.05, 0) is 40.5 Å². The Bertz CT molecular complexity index is 419. The second kappa shape index (κ2) is 5.36. The molecule has 1 aliphatic rings. The van der Waals surface area contributed by atoms with Crippen molar-refractivity contribution in [1.82, 2.24) is 0 Å². The highest BCUT2D eigenvalue weighted by Gasteiger charge is 2.32. The van der Waals surface area contributed by atoms with Crippen LogP contribution in [0.3, 0.4) is 0 Å². The Morgan fingerprint density at radius 2 is 2.17 bits per heavy atom. The Labute approximate surface area is 110 Å². The number of hydrogen-bond acceptors (Lipinski definition) is 3. The van der Waals surface area contributed by atoms with E-state index in [0.29, 0.717) is 13.2 Å². The minimum Gasteiger partial charge on any atom is -0.405 e. The van der Waals surface area contributed by atoms with Crippen LogP contribution in [0.1, 0.15) is 6.42 Å². The molecule has 0 amide bonds. The summed E-state index contributed by atoms with van der Waals surface area (Å²) < 4.78 is 45.5. The van der Waals surface area contributed by atoms with E-state index in [1.54, 1.807) is 12.1 Å². The van der Waals surface area contributed by atoms with Gasteiger partial charge in [-0.15, -0.1) is 13.2 Å². The first-order valence-corrected chi connectivity index (χ1v) is 6.13. The molecule has 0 aliphatic carbocycles. The smallest absolute Gasteiger partial charge is 0.405 e. The van der Waals surface area contributed by atoms with E-state index in [9.17, 15) is 13.2 Å². The van der Waals surface area contributed by atoms with Crippen molar-refractivity contribution >= 4 is 21.6 Å². The fourth-order valence-corrected chi connectivity index (χ4v) is 2.14. The van der Waals surface area contributed by atoms with Crippen LogP contribution in [-0.2, 0) is 4.74 Å². The predicted molar refractivity (Wildman–Crippen MR) is 63.7 cm³/mol. The molecule has 0 bridgehead atoms. The molecule has 1 aliphatic heterocycles. The third-order valence-electron chi connectivity index (χ3n) is 2.46. The van der Waals surface area contributed by atoms with Crippen molar-refractivity contribution in [1.29, 1.82) is 0 Å². The highest BCUT2D eigenvalue weighted by Crippen LogP contribution is 2.32. The normalized spacial score (nSPS) is 19.9. The lowest BCUT2D eigenvalue weighted by Crippen LogP contribution is -2.19. The summed E-state index contributed by atoms with van der Waals surface area (Å²) >= 11 is 3.05. The van der Waals surface area contributed by atoms with Crippen LogP contribution in [0.25, 0.3) is 0 Å². The van der Waals surface area contributed by atoms with Gasteiger partial charge in [0.15, 0.2) is 0 Å². The number of rotatable bonds is 3. The molecule has 1 heterocycles. The molecular formula is C11H11BrF3NO2. The average Bonchev–Trinajstić information content (AvgIpc) is 2.73. The molecule has 7 heteroatoms. The van der Waals surface area contributed by atoms with E-state index < -0.39 is 6.36 Å². The Balaban J connectivity index is 2.04. The molecule has 18 heavy (non-hydrogen) atoms. The van der Waals surface area contributed by atoms with Gasteiger partial charge in [0.2, 0.25) is 0 Å². The Morgan fingerprint density at radius 1 is 1.39 bits per heavy atom. The monoisotopic (exact) mass is 325 g/mol. The lowest BCUT2D eigenvalue weighted by molar-refractivity contribution is -0.274. The summed E-state index contributed by atoms with van der Waals surface area (Å²) in [4.78, 5) is 0. The van der Waals surface area contributed by atoms with E-state index in [1.165, 1.54) is 6.07 Å². The first-order valence-electron chi connectivity index (χ1n) is 5.33. The molecule has 1 aromatic carbocycles. The molecule has 1 unspecified atom stereocenters. The first-order chi connectivity index (χ1) is 8.44. The fourth-order valence-electron chi connectivity index (χ4n) is 1.68. The van der Waals surface area contributed by atoms with Crippen molar-refractivity contribution < 1.29 is 22.6 Å². The van der Waals surface area contributed by atoms with Crippen molar-refractivity contribution in [3.63, 3.8) is 0 Å². The Hall–Kier alpha value is -0.950. The molecule has 2 rings (SSSR count). The van der Waals surface area contributed by atoms with Crippen LogP contribution < -0.4 is 10.1 Å². The number of alkyl halides is 3. The van der Waals surface area contributed by atoms with Crippen LogP contribution in [-0.4, -0.2) is 25.6 Å². The molecular weight excluding hydrogens is 315 g/mol. The van der Waals surface area contributed by atoms with Crippen LogP contribution in [0.2, 0.25) is 0 Å². The van der Waals surface area contributed by atoms with Gasteiger partial charge in [0, 0.05) is 12.3 Å². The maximum atomic E-state index is 12.1. The molecule has 0 aromatic heterocycles. The van der Waals surface area contributed by atoms with Crippen LogP contribution >= 0.6 is 15.9 Å². The van der Waals surface area contributed by atoms with Crippen LogP contribution in [0, 0.1) is 0 Å². The standard InChI is InChI=1S/C11H11BrF3NO2/c12-9-5-7(16-8-3-4-17-6-8)1-2-10(9)18-11(13,14)15/h1-2,5,8,16H,3-4,6H2. The third-order valence-corrected chi connectivity index (χ3v) is 3.08. The van der Waals surface area contributed by atoms with E-state index in [4.69, 9.17) is 4.74 Å². The van der Waals surface area contributed by atoms with Gasteiger partial charge >= 0.3 is 6.36 Å². The van der Waals surface area contributed by atoms with Crippen molar-refractivity contribution in [2.75, 3.05) is 18.5 Å². The highest BCUT2D eigenvalue weighted by molar-refractivity contribution is 9.10. The maximum Gasteiger partial charge on any atom is 0.573 e. The molecule has 0 saturated carbocycles. The zero-order valence-electron chi connectivity index (χ0n) is 9.26. The van der Waals surface area contributed by atoms with Gasteiger partial charge in [-0.3, -0.25) is 0 Å². The average molecular weight is 326 g/mol. The van der Waals surface area contributed by atoms with Crippen molar-refractivity contribution in [3.05, 3.63) is 22.7 Å². The molecule has 1 saturated heterocycles. The SMILES string of the molecule is FC(F)(F)Oc1ccc(NC2CCOC2)cc1Br. The molecule has 1 aromatic rings. The Kier molecular flexibility index (Phi) is 4.01. The summed E-state index contributed by atoms with van der Waals surface area (Å²) in [5.74, 6) is -0.254. The van der Waals surface area contributed by atoms with Crippen LogP contribution in [0.5, 0.6) is 5.75 Å². The summed E-state index contributed by atoms with van der Waals surface area (Å²) in [7, 11) is 0. The van der Waals surface area contributed by atoms with Gasteiger partial charge in [0.1, 0.15) is 5.75 Å². The number of halogens is 4. The lowest BCUT2D eigenvalue weighted by Gasteiger charge is -2.15. The minimum atomic E-state index is -4.68. The maximum absolute atomic E-state index is 12.1. The largest absolute Gasteiger partial charge is 0.573 e. The lowest BCUT2D eigenvalue weighted by atomic mass is 10.2. The van der Waals surface area contributed by atoms with Crippen molar-refractivity contribution in [3.8, 4) is 5.75 Å². The van der Waals surface area contributed by atoms with Crippen molar-refractivity contribution in [2.24, 2.45) is 0 Å². The quantitative estimate of drug-likeness (QED) is 0.921. The van der Waals surface area contributed by atoms with Crippen LogP contribution in [0.15, 0.2) is 22.7 Å². The second-order valence-electron chi connectivity index (χ2n) is 3.90. The Morgan fingerprint density at radius 3 is 2.72 bits per heavy atom. The summed E-state index contributed by atoms with van der Waals surface area (Å²) in [6, 6.07) is 4.57. The van der Waals surface area contributed by atoms with Gasteiger partial charge in [-0.25, -0.2) is 0 Å². The third kappa shape index (κ3) is 3.78. The zero-order chi connectivity index (χ0) is 13.2. The molecule has 1 N–H and O–H groups in total. The molecule has 0 spiro atoms. The van der Waals surface area contributed by atoms with Gasteiger partial charge in [0.05, 0.1) is 17.1 Å². The van der Waals surface area contributed by atoms with E-state index in [2.05, 4.69) is 26.0 Å².